The Morgan fingerprint density at radius 2 is 2.07 bits per heavy atom. The number of carbonyl (C=O) groups excluding carboxylic acids is 1. The molecular weight excluding hydrogens is 377 g/mol. The van der Waals surface area contributed by atoms with Crippen LogP contribution in [-0.2, 0) is 10.2 Å². The van der Waals surface area contributed by atoms with Crippen LogP contribution in [0.4, 0.5) is 4.39 Å². The minimum atomic E-state index is -0.454. The Hall–Kier alpha value is -2.39. The van der Waals surface area contributed by atoms with Crippen molar-refractivity contribution in [2.24, 2.45) is 5.92 Å². The second kappa shape index (κ2) is 7.14. The predicted octanol–water partition coefficient (Wildman–Crippen LogP) is 1.42. The van der Waals surface area contributed by atoms with Gasteiger partial charge in [-0.05, 0) is 31.9 Å². The second-order valence-electron chi connectivity index (χ2n) is 8.32. The number of nitrogens with zero attached hydrogens (tertiary/aromatic N) is 5. The summed E-state index contributed by atoms with van der Waals surface area (Å²) < 4.78 is 24.3. The summed E-state index contributed by atoms with van der Waals surface area (Å²) in [6, 6.07) is 3.18. The summed E-state index contributed by atoms with van der Waals surface area (Å²) in [5.41, 5.74) is -0.126. The number of ether oxygens (including phenoxy) is 1. The number of fused-ring (bicyclic) bond motifs is 1. The smallest absolute Gasteiger partial charge is 0.272 e. The molecule has 1 amide bonds. The number of carbonyl (C=O) groups is 1. The molecule has 0 aliphatic carbocycles. The minimum Gasteiger partial charge on any atom is -0.381 e. The highest BCUT2D eigenvalue weighted by molar-refractivity contribution is 5.92. The van der Waals surface area contributed by atoms with Crippen molar-refractivity contribution in [1.29, 1.82) is 0 Å². The van der Waals surface area contributed by atoms with Crippen molar-refractivity contribution < 1.29 is 18.4 Å². The molecule has 0 unspecified atom stereocenters. The van der Waals surface area contributed by atoms with Gasteiger partial charge in [0, 0.05) is 51.4 Å². The van der Waals surface area contributed by atoms with E-state index in [4.69, 9.17) is 9.26 Å². The summed E-state index contributed by atoms with van der Waals surface area (Å²) in [4.78, 5) is 25.8. The highest BCUT2D eigenvalue weighted by Gasteiger charge is 2.58. The van der Waals surface area contributed by atoms with Crippen molar-refractivity contribution in [1.82, 2.24) is 24.9 Å². The summed E-state index contributed by atoms with van der Waals surface area (Å²) in [5.74, 6) is 0.770. The molecule has 9 heteroatoms. The molecule has 3 fully saturated rings. The molecule has 154 valence electrons. The van der Waals surface area contributed by atoms with Crippen molar-refractivity contribution in [3.63, 3.8) is 0 Å². The molecule has 2 aromatic rings. The maximum atomic E-state index is 13.2. The lowest BCUT2D eigenvalue weighted by Gasteiger charge is -2.33. The third-order valence-corrected chi connectivity index (χ3v) is 6.53. The Morgan fingerprint density at radius 3 is 2.76 bits per heavy atom. The largest absolute Gasteiger partial charge is 0.381 e. The fourth-order valence-corrected chi connectivity index (χ4v) is 5.05. The number of amides is 1. The predicted molar refractivity (Wildman–Crippen MR) is 99.7 cm³/mol. The molecule has 0 N–H and O–H groups in total. The molecule has 3 saturated heterocycles. The average Bonchev–Trinajstić information content (AvgIpc) is 3.41. The Morgan fingerprint density at radius 1 is 1.24 bits per heavy atom. The zero-order valence-electron chi connectivity index (χ0n) is 16.4. The van der Waals surface area contributed by atoms with E-state index < -0.39 is 5.82 Å². The highest BCUT2D eigenvalue weighted by atomic mass is 19.1. The number of likely N-dealkylation sites (tertiary alicyclic amines) is 2. The molecule has 0 saturated carbocycles. The van der Waals surface area contributed by atoms with E-state index in [1.807, 2.05) is 6.92 Å². The van der Waals surface area contributed by atoms with Gasteiger partial charge in [-0.25, -0.2) is 9.37 Å². The molecule has 8 nitrogen and oxygen atoms in total. The van der Waals surface area contributed by atoms with E-state index in [1.165, 1.54) is 12.1 Å². The quantitative estimate of drug-likeness (QED) is 0.769. The van der Waals surface area contributed by atoms with Crippen LogP contribution in [0, 0.1) is 18.7 Å². The Balaban J connectivity index is 1.41. The second-order valence-corrected chi connectivity index (χ2v) is 8.32. The molecule has 5 rings (SSSR count). The van der Waals surface area contributed by atoms with Gasteiger partial charge < -0.3 is 14.2 Å². The third kappa shape index (κ3) is 3.22. The molecule has 5 heterocycles. The fourth-order valence-electron chi connectivity index (χ4n) is 5.05. The first-order valence-corrected chi connectivity index (χ1v) is 10.1. The topological polar surface area (TPSA) is 84.6 Å². The lowest BCUT2D eigenvalue weighted by atomic mass is 9.81. The van der Waals surface area contributed by atoms with Gasteiger partial charge in [0.15, 0.2) is 5.82 Å². The summed E-state index contributed by atoms with van der Waals surface area (Å²) >= 11 is 0. The molecule has 29 heavy (non-hydrogen) atoms. The monoisotopic (exact) mass is 401 g/mol. The van der Waals surface area contributed by atoms with Crippen LogP contribution in [-0.4, -0.2) is 76.3 Å². The average molecular weight is 401 g/mol. The van der Waals surface area contributed by atoms with Crippen LogP contribution in [0.25, 0.3) is 0 Å². The van der Waals surface area contributed by atoms with Crippen molar-refractivity contribution in [3.05, 3.63) is 41.6 Å². The number of aryl methyl sites for hydroxylation is 1. The summed E-state index contributed by atoms with van der Waals surface area (Å²) in [7, 11) is 0. The molecule has 3 aliphatic heterocycles. The van der Waals surface area contributed by atoms with Gasteiger partial charge in [-0.2, -0.15) is 4.98 Å². The van der Waals surface area contributed by atoms with Crippen molar-refractivity contribution >= 4 is 5.91 Å². The van der Waals surface area contributed by atoms with Gasteiger partial charge >= 0.3 is 0 Å². The van der Waals surface area contributed by atoms with E-state index in [2.05, 4.69) is 20.0 Å². The van der Waals surface area contributed by atoms with E-state index in [9.17, 15) is 9.18 Å². The van der Waals surface area contributed by atoms with Gasteiger partial charge in [0.05, 0.1) is 11.6 Å². The van der Waals surface area contributed by atoms with Gasteiger partial charge in [-0.3, -0.25) is 9.69 Å². The first-order chi connectivity index (χ1) is 14.0. The van der Waals surface area contributed by atoms with Gasteiger partial charge in [-0.1, -0.05) is 5.16 Å². The van der Waals surface area contributed by atoms with E-state index in [1.54, 1.807) is 4.90 Å². The van der Waals surface area contributed by atoms with Crippen LogP contribution in [0.2, 0.25) is 0 Å². The van der Waals surface area contributed by atoms with Crippen LogP contribution < -0.4 is 0 Å². The van der Waals surface area contributed by atoms with E-state index in [0.717, 1.165) is 45.3 Å². The Labute approximate surface area is 168 Å². The molecular formula is C20H24FN5O3. The third-order valence-electron chi connectivity index (χ3n) is 6.53. The zero-order valence-corrected chi connectivity index (χ0v) is 16.4. The summed E-state index contributed by atoms with van der Waals surface area (Å²) in [6.45, 7) is 6.15. The number of pyridine rings is 1. The highest BCUT2D eigenvalue weighted by Crippen LogP contribution is 2.45. The normalized spacial score (nSPS) is 28.1. The molecule has 0 aromatic carbocycles. The number of hydrogen-bond donors (Lipinski definition) is 0. The van der Waals surface area contributed by atoms with Crippen LogP contribution in [0.5, 0.6) is 0 Å². The lowest BCUT2D eigenvalue weighted by molar-refractivity contribution is 0.0368. The Kier molecular flexibility index (Phi) is 4.59. The van der Waals surface area contributed by atoms with Crippen LogP contribution in [0.3, 0.4) is 0 Å². The molecule has 0 spiro atoms. The first kappa shape index (κ1) is 18.6. The van der Waals surface area contributed by atoms with Gasteiger partial charge in [0.1, 0.15) is 11.5 Å². The zero-order chi connectivity index (χ0) is 20.0. The molecule has 0 radical (unpaired) electrons. The standard InChI is InChI=1S/C20H24FN5O3/c1-13-23-19(29-24-13)20-11-25(16-4-6-28-7-5-16)9-14(20)10-26(12-20)18(27)17-3-2-15(21)8-22-17/h2-3,8,14,16H,4-7,9-12H2,1H3/t14-,20-/m1/s1. The molecule has 2 atom stereocenters. The van der Waals surface area contributed by atoms with Gasteiger partial charge in [-0.15, -0.1) is 0 Å². The molecule has 0 bridgehead atoms. The summed E-state index contributed by atoms with van der Waals surface area (Å²) in [6.07, 6.45) is 3.12. The van der Waals surface area contributed by atoms with E-state index >= 15 is 0 Å². The lowest BCUT2D eigenvalue weighted by Crippen LogP contribution is -2.44. The van der Waals surface area contributed by atoms with E-state index in [0.29, 0.717) is 30.8 Å². The van der Waals surface area contributed by atoms with E-state index in [-0.39, 0.29) is 22.9 Å². The van der Waals surface area contributed by atoms with Crippen molar-refractivity contribution in [3.8, 4) is 0 Å². The van der Waals surface area contributed by atoms with Crippen LogP contribution >= 0.6 is 0 Å². The first-order valence-electron chi connectivity index (χ1n) is 10.1. The summed E-state index contributed by atoms with van der Waals surface area (Å²) in [5, 5.41) is 4.01. The van der Waals surface area contributed by atoms with Gasteiger partial charge in [0.25, 0.3) is 5.91 Å². The van der Waals surface area contributed by atoms with Crippen LogP contribution in [0.15, 0.2) is 22.9 Å². The van der Waals surface area contributed by atoms with Crippen LogP contribution in [0.1, 0.15) is 35.0 Å². The van der Waals surface area contributed by atoms with Crippen molar-refractivity contribution in [2.75, 3.05) is 39.4 Å². The number of rotatable bonds is 3. The van der Waals surface area contributed by atoms with Crippen molar-refractivity contribution in [2.45, 2.75) is 31.2 Å². The molecule has 3 aliphatic rings. The number of aromatic nitrogens is 3. The maximum Gasteiger partial charge on any atom is 0.272 e. The van der Waals surface area contributed by atoms with Gasteiger partial charge in [0.2, 0.25) is 5.89 Å². The Bertz CT molecular complexity index is 898. The SMILES string of the molecule is Cc1noc([C@]23CN(C(=O)c4ccc(F)cn4)C[C@H]2CN(C2CCOCC2)C3)n1. The maximum absolute atomic E-state index is 13.2. The molecule has 2 aromatic heterocycles. The number of halogens is 1. The number of hydrogen-bond acceptors (Lipinski definition) is 7. The minimum absolute atomic E-state index is 0.187. The fraction of sp³-hybridized carbons (Fsp3) is 0.600.